The Morgan fingerprint density at radius 1 is 1.14 bits per heavy atom. The number of hydrogen-bond donors (Lipinski definition) is 6. The molecule has 6 unspecified atom stereocenters. The molecule has 0 aromatic rings. The molecule has 6 atom stereocenters. The molecular formula is C8H17NO5. The third-order valence-electron chi connectivity index (χ3n) is 2.64. The SMILES string of the molecule is CC1NC(C(O)CO)C(O)C(O)C1O. The Hall–Kier alpha value is -0.240. The lowest BCUT2D eigenvalue weighted by molar-refractivity contribution is -0.132. The Labute approximate surface area is 81.8 Å². The van der Waals surface area contributed by atoms with Gasteiger partial charge in [0.15, 0.2) is 0 Å². The van der Waals surface area contributed by atoms with Crippen LogP contribution in [0.3, 0.4) is 0 Å². The molecule has 6 N–H and O–H groups in total. The molecule has 84 valence electrons. The highest BCUT2D eigenvalue weighted by Crippen LogP contribution is 2.17. The van der Waals surface area contributed by atoms with Crippen LogP contribution in [-0.4, -0.2) is 68.6 Å². The van der Waals surface area contributed by atoms with Crippen LogP contribution in [0.2, 0.25) is 0 Å². The van der Waals surface area contributed by atoms with Crippen LogP contribution >= 0.6 is 0 Å². The lowest BCUT2D eigenvalue weighted by Gasteiger charge is -2.41. The van der Waals surface area contributed by atoms with Crippen LogP contribution in [0.1, 0.15) is 6.92 Å². The maximum atomic E-state index is 9.48. The largest absolute Gasteiger partial charge is 0.394 e. The van der Waals surface area contributed by atoms with Crippen molar-refractivity contribution in [3.05, 3.63) is 0 Å². The molecule has 14 heavy (non-hydrogen) atoms. The van der Waals surface area contributed by atoms with Crippen molar-refractivity contribution in [1.82, 2.24) is 5.32 Å². The second-order valence-corrected chi connectivity index (χ2v) is 3.70. The first-order valence-electron chi connectivity index (χ1n) is 4.58. The molecule has 1 fully saturated rings. The fourth-order valence-electron chi connectivity index (χ4n) is 1.66. The fourth-order valence-corrected chi connectivity index (χ4v) is 1.66. The Kier molecular flexibility index (Phi) is 3.82. The highest BCUT2D eigenvalue weighted by molar-refractivity contribution is 4.99. The summed E-state index contributed by atoms with van der Waals surface area (Å²) < 4.78 is 0. The van der Waals surface area contributed by atoms with Gasteiger partial charge in [0.1, 0.15) is 12.2 Å². The summed E-state index contributed by atoms with van der Waals surface area (Å²) in [6.07, 6.45) is -4.83. The van der Waals surface area contributed by atoms with Gasteiger partial charge in [0.2, 0.25) is 0 Å². The molecule has 1 rings (SSSR count). The molecule has 0 amide bonds. The van der Waals surface area contributed by atoms with E-state index in [2.05, 4.69) is 5.32 Å². The first-order valence-corrected chi connectivity index (χ1v) is 4.58. The minimum absolute atomic E-state index is 0.445. The zero-order chi connectivity index (χ0) is 10.9. The van der Waals surface area contributed by atoms with Crippen molar-refractivity contribution in [2.24, 2.45) is 0 Å². The second kappa shape index (κ2) is 4.52. The van der Waals surface area contributed by atoms with Crippen LogP contribution in [0.25, 0.3) is 0 Å². The molecule has 6 heteroatoms. The molecule has 0 bridgehead atoms. The van der Waals surface area contributed by atoms with Crippen LogP contribution in [-0.2, 0) is 0 Å². The molecule has 1 heterocycles. The highest BCUT2D eigenvalue weighted by atomic mass is 16.4. The van der Waals surface area contributed by atoms with Gasteiger partial charge in [-0.25, -0.2) is 0 Å². The van der Waals surface area contributed by atoms with E-state index >= 15 is 0 Å². The summed E-state index contributed by atoms with van der Waals surface area (Å²) in [4.78, 5) is 0. The van der Waals surface area contributed by atoms with E-state index < -0.39 is 43.1 Å². The monoisotopic (exact) mass is 207 g/mol. The van der Waals surface area contributed by atoms with E-state index in [0.717, 1.165) is 0 Å². The molecule has 0 aromatic heterocycles. The second-order valence-electron chi connectivity index (χ2n) is 3.70. The Balaban J connectivity index is 2.70. The Morgan fingerprint density at radius 2 is 1.71 bits per heavy atom. The predicted octanol–water partition coefficient (Wildman–Crippen LogP) is -3.22. The summed E-state index contributed by atoms with van der Waals surface area (Å²) in [5, 5.41) is 49.0. The summed E-state index contributed by atoms with van der Waals surface area (Å²) >= 11 is 0. The molecular weight excluding hydrogens is 190 g/mol. The molecule has 1 aliphatic heterocycles. The highest BCUT2D eigenvalue weighted by Gasteiger charge is 2.42. The average molecular weight is 207 g/mol. The number of piperidine rings is 1. The molecule has 0 spiro atoms. The predicted molar refractivity (Wildman–Crippen MR) is 47.5 cm³/mol. The quantitative estimate of drug-likeness (QED) is 0.284. The molecule has 1 aliphatic rings. The van der Waals surface area contributed by atoms with E-state index in [1.807, 2.05) is 0 Å². The van der Waals surface area contributed by atoms with Gasteiger partial charge in [-0.05, 0) is 6.92 Å². The minimum atomic E-state index is -1.31. The van der Waals surface area contributed by atoms with Gasteiger partial charge in [0.25, 0.3) is 0 Å². The van der Waals surface area contributed by atoms with Gasteiger partial charge in [-0.2, -0.15) is 0 Å². The minimum Gasteiger partial charge on any atom is -0.394 e. The topological polar surface area (TPSA) is 113 Å². The zero-order valence-electron chi connectivity index (χ0n) is 7.91. The van der Waals surface area contributed by atoms with E-state index in [9.17, 15) is 20.4 Å². The number of nitrogens with one attached hydrogen (secondary N) is 1. The molecule has 1 saturated heterocycles. The Morgan fingerprint density at radius 3 is 2.21 bits per heavy atom. The maximum Gasteiger partial charge on any atom is 0.109 e. The molecule has 6 nitrogen and oxygen atoms in total. The average Bonchev–Trinajstić information content (AvgIpc) is 2.19. The van der Waals surface area contributed by atoms with Gasteiger partial charge in [-0.1, -0.05) is 0 Å². The van der Waals surface area contributed by atoms with Crippen LogP contribution in [0.4, 0.5) is 0 Å². The third kappa shape index (κ3) is 2.05. The van der Waals surface area contributed by atoms with Crippen LogP contribution < -0.4 is 5.32 Å². The number of aliphatic hydroxyl groups is 5. The lowest BCUT2D eigenvalue weighted by Crippen LogP contribution is -2.67. The van der Waals surface area contributed by atoms with E-state index in [1.165, 1.54) is 0 Å². The van der Waals surface area contributed by atoms with Crippen LogP contribution in [0.15, 0.2) is 0 Å². The van der Waals surface area contributed by atoms with Crippen molar-refractivity contribution < 1.29 is 25.5 Å². The van der Waals surface area contributed by atoms with Crippen molar-refractivity contribution in [2.75, 3.05) is 6.61 Å². The number of aliphatic hydroxyl groups excluding tert-OH is 5. The number of rotatable bonds is 2. The van der Waals surface area contributed by atoms with Gasteiger partial charge >= 0.3 is 0 Å². The molecule has 0 aliphatic carbocycles. The summed E-state index contributed by atoms with van der Waals surface area (Å²) in [6, 6.07) is -1.27. The van der Waals surface area contributed by atoms with Crippen molar-refractivity contribution >= 4 is 0 Å². The molecule has 0 aromatic carbocycles. The van der Waals surface area contributed by atoms with Gasteiger partial charge in [-0.3, -0.25) is 0 Å². The van der Waals surface area contributed by atoms with E-state index in [-0.39, 0.29) is 0 Å². The normalized spacial score (nSPS) is 46.3. The van der Waals surface area contributed by atoms with Crippen molar-refractivity contribution in [3.63, 3.8) is 0 Å². The van der Waals surface area contributed by atoms with Gasteiger partial charge in [-0.15, -0.1) is 0 Å². The first-order chi connectivity index (χ1) is 6.49. The van der Waals surface area contributed by atoms with Crippen molar-refractivity contribution in [1.29, 1.82) is 0 Å². The molecule has 0 saturated carbocycles. The van der Waals surface area contributed by atoms with E-state index in [4.69, 9.17) is 5.11 Å². The summed E-state index contributed by atoms with van der Waals surface area (Å²) in [6.45, 7) is 1.11. The standard InChI is InChI=1S/C8H17NO5/c1-3-6(12)8(14)7(13)5(9-3)4(11)2-10/h3-14H,2H2,1H3. The summed E-state index contributed by atoms with van der Waals surface area (Å²) in [5.41, 5.74) is 0. The van der Waals surface area contributed by atoms with Gasteiger partial charge < -0.3 is 30.8 Å². The Bertz CT molecular complexity index is 191. The summed E-state index contributed by atoms with van der Waals surface area (Å²) in [5.74, 6) is 0. The van der Waals surface area contributed by atoms with E-state index in [0.29, 0.717) is 0 Å². The maximum absolute atomic E-state index is 9.48. The van der Waals surface area contributed by atoms with Crippen LogP contribution in [0, 0.1) is 0 Å². The van der Waals surface area contributed by atoms with Gasteiger partial charge in [0.05, 0.1) is 24.9 Å². The van der Waals surface area contributed by atoms with Gasteiger partial charge in [0, 0.05) is 6.04 Å². The molecule has 0 radical (unpaired) electrons. The first kappa shape index (κ1) is 11.8. The number of hydrogen-bond acceptors (Lipinski definition) is 6. The van der Waals surface area contributed by atoms with Crippen molar-refractivity contribution in [3.8, 4) is 0 Å². The van der Waals surface area contributed by atoms with E-state index in [1.54, 1.807) is 6.92 Å². The third-order valence-corrected chi connectivity index (χ3v) is 2.64. The van der Waals surface area contributed by atoms with Crippen molar-refractivity contribution in [2.45, 2.75) is 43.4 Å². The van der Waals surface area contributed by atoms with Crippen LogP contribution in [0.5, 0.6) is 0 Å². The summed E-state index contributed by atoms with van der Waals surface area (Å²) in [7, 11) is 0. The lowest BCUT2D eigenvalue weighted by atomic mass is 9.88. The fraction of sp³-hybridized carbons (Fsp3) is 1.00. The smallest absolute Gasteiger partial charge is 0.109 e. The zero-order valence-corrected chi connectivity index (χ0v) is 7.91.